The van der Waals surface area contributed by atoms with Crippen LogP contribution in [0.5, 0.6) is 0 Å². The lowest BCUT2D eigenvalue weighted by molar-refractivity contribution is 0.0775. The van der Waals surface area contributed by atoms with Gasteiger partial charge >= 0.3 is 6.09 Å². The van der Waals surface area contributed by atoms with Crippen molar-refractivity contribution in [3.8, 4) is 0 Å². The highest BCUT2D eigenvalue weighted by atomic mass is 16.5. The Kier molecular flexibility index (Phi) is 4.20. The molecule has 5 nitrogen and oxygen atoms in total. The molecule has 0 saturated carbocycles. The van der Waals surface area contributed by atoms with Crippen molar-refractivity contribution in [1.29, 1.82) is 0 Å². The summed E-state index contributed by atoms with van der Waals surface area (Å²) in [7, 11) is 0. The molecular formula is C16H21N3O2. The lowest BCUT2D eigenvalue weighted by Gasteiger charge is -2.46. The molecule has 0 radical (unpaired) electrons. The lowest BCUT2D eigenvalue weighted by Crippen LogP contribution is -2.49. The van der Waals surface area contributed by atoms with Crippen LogP contribution in [-0.4, -0.2) is 36.8 Å². The van der Waals surface area contributed by atoms with Crippen molar-refractivity contribution in [3.05, 3.63) is 35.9 Å². The molecule has 1 N–H and O–H groups in total. The Balaban J connectivity index is 1.44. The minimum absolute atomic E-state index is 0.182. The molecule has 112 valence electrons. The van der Waals surface area contributed by atoms with Crippen LogP contribution in [0.3, 0.4) is 0 Å². The molecule has 1 amide bonds. The zero-order chi connectivity index (χ0) is 14.5. The summed E-state index contributed by atoms with van der Waals surface area (Å²) < 4.78 is 5.12. The number of hydrogen-bond acceptors (Lipinski definition) is 4. The van der Waals surface area contributed by atoms with Crippen molar-refractivity contribution >= 4 is 12.3 Å². The molecule has 21 heavy (non-hydrogen) atoms. The summed E-state index contributed by atoms with van der Waals surface area (Å²) >= 11 is 0. The van der Waals surface area contributed by atoms with Gasteiger partial charge in [-0.05, 0) is 44.5 Å². The highest BCUT2D eigenvalue weighted by molar-refractivity contribution is 5.71. The second-order valence-corrected chi connectivity index (χ2v) is 5.89. The summed E-state index contributed by atoms with van der Waals surface area (Å²) in [5.41, 5.74) is 3.62. The van der Waals surface area contributed by atoms with Crippen LogP contribution in [-0.2, 0) is 11.3 Å². The van der Waals surface area contributed by atoms with Crippen LogP contribution in [0.4, 0.5) is 4.79 Å². The van der Waals surface area contributed by atoms with Crippen molar-refractivity contribution in [2.45, 2.75) is 25.9 Å². The van der Waals surface area contributed by atoms with Gasteiger partial charge in [0.15, 0.2) is 0 Å². The van der Waals surface area contributed by atoms with E-state index >= 15 is 0 Å². The molecule has 1 aromatic rings. The Morgan fingerprint density at radius 3 is 2.57 bits per heavy atom. The highest BCUT2D eigenvalue weighted by Gasteiger charge is 2.38. The van der Waals surface area contributed by atoms with Gasteiger partial charge in [0.2, 0.25) is 0 Å². The molecule has 0 aromatic heterocycles. The van der Waals surface area contributed by atoms with Gasteiger partial charge in [-0.25, -0.2) is 10.2 Å². The number of carbonyl (C=O) groups excluding carboxylic acids is 1. The maximum Gasteiger partial charge on any atom is 0.428 e. The van der Waals surface area contributed by atoms with E-state index in [4.69, 9.17) is 4.74 Å². The molecule has 0 spiro atoms. The van der Waals surface area contributed by atoms with Gasteiger partial charge in [0.1, 0.15) is 6.61 Å². The van der Waals surface area contributed by atoms with E-state index in [1.165, 1.54) is 0 Å². The Morgan fingerprint density at radius 2 is 1.90 bits per heavy atom. The lowest BCUT2D eigenvalue weighted by atomic mass is 9.73. The minimum atomic E-state index is -0.500. The molecule has 3 saturated heterocycles. The fourth-order valence-corrected chi connectivity index (χ4v) is 3.02. The van der Waals surface area contributed by atoms with E-state index in [2.05, 4.69) is 15.4 Å². The second-order valence-electron chi connectivity index (χ2n) is 5.89. The molecule has 3 fully saturated rings. The van der Waals surface area contributed by atoms with Crippen LogP contribution in [0.1, 0.15) is 24.8 Å². The van der Waals surface area contributed by atoms with Crippen LogP contribution >= 0.6 is 0 Å². The third-order valence-corrected chi connectivity index (χ3v) is 4.48. The van der Waals surface area contributed by atoms with Crippen LogP contribution in [0.15, 0.2) is 35.4 Å². The average molecular weight is 287 g/mol. The Labute approximate surface area is 125 Å². The number of hydrogen-bond donors (Lipinski definition) is 1. The first-order valence-corrected chi connectivity index (χ1v) is 7.49. The van der Waals surface area contributed by atoms with E-state index in [-0.39, 0.29) is 12.0 Å². The first-order chi connectivity index (χ1) is 10.3. The Hall–Kier alpha value is -1.88. The van der Waals surface area contributed by atoms with Crippen molar-refractivity contribution in [1.82, 2.24) is 10.3 Å². The molecule has 3 aliphatic rings. The molecular weight excluding hydrogens is 266 g/mol. The maximum atomic E-state index is 11.6. The van der Waals surface area contributed by atoms with Crippen LogP contribution in [0.25, 0.3) is 0 Å². The summed E-state index contributed by atoms with van der Waals surface area (Å²) in [6.07, 6.45) is 4.83. The normalized spacial score (nSPS) is 27.7. The van der Waals surface area contributed by atoms with Gasteiger partial charge in [-0.3, -0.25) is 0 Å². The van der Waals surface area contributed by atoms with Gasteiger partial charge in [0.05, 0.1) is 0 Å². The number of fused-ring (bicyclic) bond motifs is 3. The molecule has 5 heteroatoms. The summed E-state index contributed by atoms with van der Waals surface area (Å²) in [5.74, 6) is 0. The predicted molar refractivity (Wildman–Crippen MR) is 81.0 cm³/mol. The van der Waals surface area contributed by atoms with E-state index in [0.717, 1.165) is 44.5 Å². The standard InChI is InChI=1S/C16H21N3O2/c20-15(21-12-14-4-2-1-3-5-14)18-17-13-16-6-9-19(10-7-16)11-8-16/h1-5,13H,6-12H2,(H,18,20)/b17-13+. The topological polar surface area (TPSA) is 53.9 Å². The molecule has 3 aliphatic heterocycles. The Bertz CT molecular complexity index is 494. The number of amides is 1. The molecule has 1 aromatic carbocycles. The molecule has 0 atom stereocenters. The maximum absolute atomic E-state index is 11.6. The first kappa shape index (κ1) is 14.1. The fourth-order valence-electron chi connectivity index (χ4n) is 3.02. The van der Waals surface area contributed by atoms with Crippen LogP contribution < -0.4 is 5.43 Å². The molecule has 0 aliphatic carbocycles. The SMILES string of the molecule is O=C(N/N=C/C12CCN(CC1)CC2)OCc1ccccc1. The van der Waals surface area contributed by atoms with E-state index in [0.29, 0.717) is 0 Å². The number of nitrogens with one attached hydrogen (secondary N) is 1. The van der Waals surface area contributed by atoms with Crippen LogP contribution in [0.2, 0.25) is 0 Å². The largest absolute Gasteiger partial charge is 0.443 e. The first-order valence-electron chi connectivity index (χ1n) is 7.49. The number of carbonyl (C=O) groups is 1. The summed E-state index contributed by atoms with van der Waals surface area (Å²) in [6, 6.07) is 9.62. The molecule has 2 bridgehead atoms. The van der Waals surface area contributed by atoms with E-state index in [9.17, 15) is 4.79 Å². The number of rotatable bonds is 4. The summed E-state index contributed by atoms with van der Waals surface area (Å²) in [6.45, 7) is 3.70. The molecule has 3 heterocycles. The third-order valence-electron chi connectivity index (χ3n) is 4.48. The Morgan fingerprint density at radius 1 is 1.24 bits per heavy atom. The van der Waals surface area contributed by atoms with E-state index in [1.54, 1.807) is 0 Å². The quantitative estimate of drug-likeness (QED) is 0.683. The van der Waals surface area contributed by atoms with Gasteiger partial charge in [-0.1, -0.05) is 30.3 Å². The van der Waals surface area contributed by atoms with Gasteiger partial charge in [-0.15, -0.1) is 0 Å². The number of nitrogens with zero attached hydrogens (tertiary/aromatic N) is 2. The predicted octanol–water partition coefficient (Wildman–Crippen LogP) is 2.38. The van der Waals surface area contributed by atoms with Crippen LogP contribution in [0, 0.1) is 5.41 Å². The summed E-state index contributed by atoms with van der Waals surface area (Å²) in [5, 5.41) is 4.11. The zero-order valence-corrected chi connectivity index (χ0v) is 12.1. The zero-order valence-electron chi connectivity index (χ0n) is 12.1. The smallest absolute Gasteiger partial charge is 0.428 e. The number of ether oxygens (including phenoxy) is 1. The van der Waals surface area contributed by atoms with Crippen molar-refractivity contribution in [2.24, 2.45) is 10.5 Å². The van der Waals surface area contributed by atoms with Gasteiger partial charge in [0.25, 0.3) is 0 Å². The van der Waals surface area contributed by atoms with Gasteiger partial charge in [0, 0.05) is 11.6 Å². The minimum Gasteiger partial charge on any atom is -0.443 e. The molecule has 4 rings (SSSR count). The number of piperidine rings is 3. The monoisotopic (exact) mass is 287 g/mol. The van der Waals surface area contributed by atoms with E-state index in [1.807, 2.05) is 36.5 Å². The van der Waals surface area contributed by atoms with Crippen molar-refractivity contribution in [3.63, 3.8) is 0 Å². The summed E-state index contributed by atoms with van der Waals surface area (Å²) in [4.78, 5) is 14.1. The molecule has 0 unspecified atom stereocenters. The highest BCUT2D eigenvalue weighted by Crippen LogP contribution is 2.38. The van der Waals surface area contributed by atoms with E-state index < -0.39 is 6.09 Å². The van der Waals surface area contributed by atoms with Crippen molar-refractivity contribution < 1.29 is 9.53 Å². The third kappa shape index (κ3) is 3.61. The average Bonchev–Trinajstić information content (AvgIpc) is 2.55. The van der Waals surface area contributed by atoms with Gasteiger partial charge in [-0.2, -0.15) is 5.10 Å². The number of benzene rings is 1. The van der Waals surface area contributed by atoms with Gasteiger partial charge < -0.3 is 9.64 Å². The second kappa shape index (κ2) is 6.26. The fraction of sp³-hybridized carbons (Fsp3) is 0.500. The number of hydrazone groups is 1. The van der Waals surface area contributed by atoms with Crippen molar-refractivity contribution in [2.75, 3.05) is 19.6 Å².